The van der Waals surface area contributed by atoms with Crippen molar-refractivity contribution in [2.75, 3.05) is 13.2 Å². The van der Waals surface area contributed by atoms with E-state index in [1.165, 1.54) is 23.5 Å². The molecule has 3 fully saturated rings. The van der Waals surface area contributed by atoms with Crippen molar-refractivity contribution in [3.8, 4) is 17.2 Å². The molecule has 2 bridgehead atoms. The molecule has 3 aromatic rings. The Morgan fingerprint density at radius 2 is 1.91 bits per heavy atom. The molecule has 34 heavy (non-hydrogen) atoms. The molecule has 0 radical (unpaired) electrons. The van der Waals surface area contributed by atoms with Gasteiger partial charge in [0.2, 0.25) is 0 Å². The van der Waals surface area contributed by atoms with Crippen LogP contribution in [0.5, 0.6) is 11.5 Å². The Hall–Kier alpha value is -2.90. The molecule has 0 amide bonds. The SMILES string of the molecule is O=c1c2ccc(OC[C@H]3CCCO3)cc2ccn1-c1ccc(OC2C[C@H]3CC[C@@H](C2)N3)c(F)c1. The third-order valence-electron chi connectivity index (χ3n) is 7.25. The summed E-state index contributed by atoms with van der Waals surface area (Å²) < 4.78 is 33.9. The van der Waals surface area contributed by atoms with Crippen LogP contribution >= 0.6 is 0 Å². The normalized spacial score (nSPS) is 26.1. The molecule has 2 aromatic carbocycles. The highest BCUT2D eigenvalue weighted by Gasteiger charge is 2.34. The predicted molar refractivity (Wildman–Crippen MR) is 128 cm³/mol. The average Bonchev–Trinajstić information content (AvgIpc) is 3.48. The van der Waals surface area contributed by atoms with Crippen molar-refractivity contribution in [3.05, 3.63) is 64.8 Å². The Morgan fingerprint density at radius 1 is 1.06 bits per heavy atom. The summed E-state index contributed by atoms with van der Waals surface area (Å²) >= 11 is 0. The van der Waals surface area contributed by atoms with E-state index in [4.69, 9.17) is 14.2 Å². The second-order valence-corrected chi connectivity index (χ2v) is 9.65. The number of hydrogen-bond donors (Lipinski definition) is 1. The fourth-order valence-corrected chi connectivity index (χ4v) is 5.50. The first-order valence-corrected chi connectivity index (χ1v) is 12.2. The van der Waals surface area contributed by atoms with E-state index in [1.807, 2.05) is 12.1 Å². The minimum absolute atomic E-state index is 0.0270. The summed E-state index contributed by atoms with van der Waals surface area (Å²) in [6.45, 7) is 1.30. The van der Waals surface area contributed by atoms with Gasteiger partial charge in [0.1, 0.15) is 18.5 Å². The van der Waals surface area contributed by atoms with Crippen LogP contribution in [-0.4, -0.2) is 42.1 Å². The van der Waals surface area contributed by atoms with Crippen molar-refractivity contribution in [3.63, 3.8) is 0 Å². The molecule has 1 N–H and O–H groups in total. The Balaban J connectivity index is 1.20. The van der Waals surface area contributed by atoms with E-state index in [0.29, 0.717) is 35.5 Å². The Kier molecular flexibility index (Phi) is 5.75. The smallest absolute Gasteiger partial charge is 0.262 e. The van der Waals surface area contributed by atoms with Crippen molar-refractivity contribution in [1.29, 1.82) is 0 Å². The van der Waals surface area contributed by atoms with Crippen molar-refractivity contribution < 1.29 is 18.6 Å². The average molecular weight is 465 g/mol. The highest BCUT2D eigenvalue weighted by atomic mass is 19.1. The van der Waals surface area contributed by atoms with Crippen molar-refractivity contribution in [2.45, 2.75) is 62.8 Å². The van der Waals surface area contributed by atoms with Gasteiger partial charge in [0.25, 0.3) is 5.56 Å². The Bertz CT molecular complexity index is 1240. The molecule has 4 heterocycles. The molecule has 1 unspecified atom stereocenters. The third-order valence-corrected chi connectivity index (χ3v) is 7.25. The number of hydrogen-bond acceptors (Lipinski definition) is 5. The lowest BCUT2D eigenvalue weighted by molar-refractivity contribution is 0.0680. The van der Waals surface area contributed by atoms with Crippen LogP contribution in [0, 0.1) is 5.82 Å². The largest absolute Gasteiger partial charge is 0.491 e. The summed E-state index contributed by atoms with van der Waals surface area (Å²) in [6.07, 6.45) is 8.06. The van der Waals surface area contributed by atoms with Gasteiger partial charge in [-0.15, -0.1) is 0 Å². The Morgan fingerprint density at radius 3 is 2.68 bits per heavy atom. The highest BCUT2D eigenvalue weighted by molar-refractivity contribution is 5.83. The van der Waals surface area contributed by atoms with Crippen molar-refractivity contribution >= 4 is 10.8 Å². The summed E-state index contributed by atoms with van der Waals surface area (Å²) in [6, 6.07) is 13.0. The van der Waals surface area contributed by atoms with Gasteiger partial charge in [-0.1, -0.05) is 0 Å². The van der Waals surface area contributed by atoms with Crippen LogP contribution in [0.1, 0.15) is 38.5 Å². The van der Waals surface area contributed by atoms with E-state index in [-0.39, 0.29) is 23.5 Å². The van der Waals surface area contributed by atoms with E-state index < -0.39 is 5.82 Å². The van der Waals surface area contributed by atoms with Crippen LogP contribution in [0.15, 0.2) is 53.5 Å². The van der Waals surface area contributed by atoms with E-state index in [0.717, 1.165) is 37.7 Å². The van der Waals surface area contributed by atoms with Gasteiger partial charge in [-0.2, -0.15) is 0 Å². The van der Waals surface area contributed by atoms with Gasteiger partial charge < -0.3 is 19.5 Å². The van der Waals surface area contributed by atoms with Crippen LogP contribution in [0.25, 0.3) is 16.5 Å². The second kappa shape index (κ2) is 9.04. The number of nitrogens with zero attached hydrogens (tertiary/aromatic N) is 1. The van der Waals surface area contributed by atoms with Crippen molar-refractivity contribution in [1.82, 2.24) is 9.88 Å². The maximum absolute atomic E-state index is 14.9. The number of halogens is 1. The molecule has 4 atom stereocenters. The lowest BCUT2D eigenvalue weighted by Gasteiger charge is -2.29. The summed E-state index contributed by atoms with van der Waals surface area (Å²) in [4.78, 5) is 13.1. The van der Waals surface area contributed by atoms with Gasteiger partial charge in [-0.25, -0.2) is 4.39 Å². The lowest BCUT2D eigenvalue weighted by Crippen LogP contribution is -2.42. The molecule has 6 rings (SSSR count). The van der Waals surface area contributed by atoms with Crippen LogP contribution in [0.3, 0.4) is 0 Å². The van der Waals surface area contributed by atoms with Gasteiger partial charge in [0.15, 0.2) is 11.6 Å². The zero-order valence-corrected chi connectivity index (χ0v) is 19.0. The number of nitrogens with one attached hydrogen (secondary N) is 1. The number of benzene rings is 2. The second-order valence-electron chi connectivity index (χ2n) is 9.65. The molecular formula is C27H29FN2O4. The lowest BCUT2D eigenvalue weighted by atomic mass is 10.0. The first-order chi connectivity index (χ1) is 16.6. The summed E-state index contributed by atoms with van der Waals surface area (Å²) in [5.74, 6) is 0.504. The van der Waals surface area contributed by atoms with Crippen LogP contribution in [0.4, 0.5) is 4.39 Å². The molecule has 6 nitrogen and oxygen atoms in total. The molecule has 7 heteroatoms. The fourth-order valence-electron chi connectivity index (χ4n) is 5.50. The minimum atomic E-state index is -0.451. The third kappa shape index (κ3) is 4.30. The molecule has 3 aliphatic rings. The molecule has 0 aliphatic carbocycles. The van der Waals surface area contributed by atoms with E-state index in [2.05, 4.69) is 5.32 Å². The van der Waals surface area contributed by atoms with Gasteiger partial charge in [0, 0.05) is 36.3 Å². The molecule has 178 valence electrons. The predicted octanol–water partition coefficient (Wildman–Crippen LogP) is 4.35. The minimum Gasteiger partial charge on any atom is -0.491 e. The summed E-state index contributed by atoms with van der Waals surface area (Å²) in [7, 11) is 0. The maximum Gasteiger partial charge on any atom is 0.262 e. The Labute approximate surface area is 197 Å². The molecule has 3 aliphatic heterocycles. The first-order valence-electron chi connectivity index (χ1n) is 12.2. The number of ether oxygens (including phenoxy) is 3. The van der Waals surface area contributed by atoms with Crippen LogP contribution in [-0.2, 0) is 4.74 Å². The number of rotatable bonds is 6. The zero-order valence-electron chi connectivity index (χ0n) is 19.0. The molecular weight excluding hydrogens is 435 g/mol. The number of aromatic nitrogens is 1. The van der Waals surface area contributed by atoms with Gasteiger partial charge >= 0.3 is 0 Å². The summed E-state index contributed by atoms with van der Waals surface area (Å²) in [5.41, 5.74) is 0.270. The van der Waals surface area contributed by atoms with E-state index in [9.17, 15) is 9.18 Å². The maximum atomic E-state index is 14.9. The zero-order chi connectivity index (χ0) is 23.1. The van der Waals surface area contributed by atoms with E-state index >= 15 is 0 Å². The van der Waals surface area contributed by atoms with Crippen LogP contribution < -0.4 is 20.3 Å². The quantitative estimate of drug-likeness (QED) is 0.588. The highest BCUT2D eigenvalue weighted by Crippen LogP contribution is 2.31. The topological polar surface area (TPSA) is 61.7 Å². The number of fused-ring (bicyclic) bond motifs is 3. The first kappa shape index (κ1) is 21.6. The standard InChI is InChI=1S/C27H29FN2O4/c28-25-15-20(5-8-26(25)34-23-13-18-3-4-19(14-23)29-18)30-10-9-17-12-21(6-7-24(17)27(30)31)33-16-22-2-1-11-32-22/h5-10,12,15,18-19,22-23,29H,1-4,11,13-14,16H2/t18-,19+,22-,23?/m1/s1. The molecule has 0 saturated carbocycles. The molecule has 1 aromatic heterocycles. The monoisotopic (exact) mass is 464 g/mol. The summed E-state index contributed by atoms with van der Waals surface area (Å²) in [5, 5.41) is 4.91. The fraction of sp³-hybridized carbons (Fsp3) is 0.444. The number of pyridine rings is 1. The molecule has 3 saturated heterocycles. The number of piperidine rings is 1. The van der Waals surface area contributed by atoms with Gasteiger partial charge in [0.05, 0.1) is 11.8 Å². The van der Waals surface area contributed by atoms with Gasteiger partial charge in [-0.3, -0.25) is 9.36 Å². The van der Waals surface area contributed by atoms with Gasteiger partial charge in [-0.05, 0) is 80.3 Å². The molecule has 0 spiro atoms. The van der Waals surface area contributed by atoms with Crippen LogP contribution in [0.2, 0.25) is 0 Å². The van der Waals surface area contributed by atoms with Crippen molar-refractivity contribution in [2.24, 2.45) is 0 Å². The van der Waals surface area contributed by atoms with E-state index in [1.54, 1.807) is 30.5 Å².